The highest BCUT2D eigenvalue weighted by molar-refractivity contribution is 5.79. The van der Waals surface area contributed by atoms with Crippen LogP contribution in [0.15, 0.2) is 23.2 Å². The van der Waals surface area contributed by atoms with E-state index in [-0.39, 0.29) is 5.82 Å². The Balaban J connectivity index is 1.81. The molecule has 0 spiro atoms. The molecule has 140 valence electrons. The summed E-state index contributed by atoms with van der Waals surface area (Å²) in [6.07, 6.45) is 1.23. The molecular formula is C19H32FN5. The van der Waals surface area contributed by atoms with Crippen LogP contribution in [0.1, 0.15) is 24.5 Å². The molecule has 0 bridgehead atoms. The Hall–Kier alpha value is -1.66. The molecule has 0 atom stereocenters. The molecule has 25 heavy (non-hydrogen) atoms. The molecule has 0 radical (unpaired) electrons. The van der Waals surface area contributed by atoms with Gasteiger partial charge in [0.1, 0.15) is 5.82 Å². The van der Waals surface area contributed by atoms with Crippen LogP contribution < -0.4 is 10.6 Å². The summed E-state index contributed by atoms with van der Waals surface area (Å²) in [5.41, 5.74) is 1.55. The first-order valence-electron chi connectivity index (χ1n) is 9.26. The van der Waals surface area contributed by atoms with Crippen LogP contribution >= 0.6 is 0 Å². The second-order valence-corrected chi connectivity index (χ2v) is 6.70. The molecule has 0 amide bonds. The molecule has 1 aromatic carbocycles. The standard InChI is InChI=1S/C19H32FN5/c1-4-21-19(23-15-17-7-6-16(2)18(20)14-17)22-8-11-25-10-5-9-24(3)12-13-25/h6-7,14H,4-5,8-13,15H2,1-3H3,(H2,21,22,23). The van der Waals surface area contributed by atoms with Crippen molar-refractivity contribution in [1.29, 1.82) is 0 Å². The van der Waals surface area contributed by atoms with Gasteiger partial charge >= 0.3 is 0 Å². The zero-order valence-electron chi connectivity index (χ0n) is 15.8. The lowest BCUT2D eigenvalue weighted by atomic mass is 10.1. The summed E-state index contributed by atoms with van der Waals surface area (Å²) in [6, 6.07) is 5.30. The minimum atomic E-state index is -0.170. The van der Waals surface area contributed by atoms with Crippen LogP contribution in [0.3, 0.4) is 0 Å². The fourth-order valence-corrected chi connectivity index (χ4v) is 2.90. The number of likely N-dealkylation sites (N-methyl/N-ethyl adjacent to an activating group) is 1. The van der Waals surface area contributed by atoms with E-state index >= 15 is 0 Å². The molecule has 0 aromatic heterocycles. The summed E-state index contributed by atoms with van der Waals surface area (Å²) < 4.78 is 13.6. The highest BCUT2D eigenvalue weighted by Gasteiger charge is 2.11. The molecule has 0 unspecified atom stereocenters. The van der Waals surface area contributed by atoms with Crippen molar-refractivity contribution in [3.8, 4) is 0 Å². The molecule has 1 saturated heterocycles. The number of halogens is 1. The maximum absolute atomic E-state index is 13.6. The van der Waals surface area contributed by atoms with Crippen molar-refractivity contribution < 1.29 is 4.39 Å². The highest BCUT2D eigenvalue weighted by atomic mass is 19.1. The normalized spacial score (nSPS) is 17.4. The highest BCUT2D eigenvalue weighted by Crippen LogP contribution is 2.10. The zero-order chi connectivity index (χ0) is 18.1. The van der Waals surface area contributed by atoms with Crippen LogP contribution in [0.25, 0.3) is 0 Å². The average Bonchev–Trinajstić information content (AvgIpc) is 2.80. The minimum absolute atomic E-state index is 0.170. The second kappa shape index (κ2) is 10.4. The fraction of sp³-hybridized carbons (Fsp3) is 0.632. The van der Waals surface area contributed by atoms with E-state index in [0.717, 1.165) is 50.8 Å². The summed E-state index contributed by atoms with van der Waals surface area (Å²) in [4.78, 5) is 9.45. The second-order valence-electron chi connectivity index (χ2n) is 6.70. The van der Waals surface area contributed by atoms with Gasteiger partial charge in [-0.1, -0.05) is 12.1 Å². The maximum Gasteiger partial charge on any atom is 0.191 e. The predicted octanol–water partition coefficient (Wildman–Crippen LogP) is 1.83. The summed E-state index contributed by atoms with van der Waals surface area (Å²) in [6.45, 7) is 11.6. The van der Waals surface area contributed by atoms with Gasteiger partial charge in [0.25, 0.3) is 0 Å². The number of rotatable bonds is 6. The van der Waals surface area contributed by atoms with Crippen molar-refractivity contribution in [1.82, 2.24) is 20.4 Å². The SMILES string of the molecule is CCNC(=NCc1ccc(C)c(F)c1)NCCN1CCCN(C)CC1. The molecule has 5 nitrogen and oxygen atoms in total. The number of aryl methyl sites for hydroxylation is 1. The van der Waals surface area contributed by atoms with E-state index in [9.17, 15) is 4.39 Å². The van der Waals surface area contributed by atoms with E-state index in [4.69, 9.17) is 0 Å². The number of guanidine groups is 1. The molecule has 1 fully saturated rings. The Labute approximate surface area is 151 Å². The first-order chi connectivity index (χ1) is 12.1. The Morgan fingerprint density at radius 1 is 1.20 bits per heavy atom. The van der Waals surface area contributed by atoms with Crippen molar-refractivity contribution in [2.75, 3.05) is 52.9 Å². The van der Waals surface area contributed by atoms with Crippen LogP contribution in [0.5, 0.6) is 0 Å². The van der Waals surface area contributed by atoms with Gasteiger partial charge in [0.15, 0.2) is 5.96 Å². The van der Waals surface area contributed by atoms with Gasteiger partial charge in [0.05, 0.1) is 6.54 Å². The quantitative estimate of drug-likeness (QED) is 0.607. The van der Waals surface area contributed by atoms with Gasteiger partial charge in [-0.05, 0) is 57.6 Å². The summed E-state index contributed by atoms with van der Waals surface area (Å²) >= 11 is 0. The monoisotopic (exact) mass is 349 g/mol. The topological polar surface area (TPSA) is 42.9 Å². The Kier molecular flexibility index (Phi) is 8.15. The van der Waals surface area contributed by atoms with E-state index in [1.165, 1.54) is 13.0 Å². The number of nitrogens with one attached hydrogen (secondary N) is 2. The van der Waals surface area contributed by atoms with Gasteiger partial charge < -0.3 is 20.4 Å². The van der Waals surface area contributed by atoms with Gasteiger partial charge in [0.2, 0.25) is 0 Å². The van der Waals surface area contributed by atoms with Gasteiger partial charge in [0, 0.05) is 32.7 Å². The van der Waals surface area contributed by atoms with E-state index in [2.05, 4.69) is 32.5 Å². The Morgan fingerprint density at radius 3 is 2.80 bits per heavy atom. The number of hydrogen-bond acceptors (Lipinski definition) is 3. The minimum Gasteiger partial charge on any atom is -0.357 e. The smallest absolute Gasteiger partial charge is 0.191 e. The molecule has 2 N–H and O–H groups in total. The number of nitrogens with zero attached hydrogens (tertiary/aromatic N) is 3. The van der Waals surface area contributed by atoms with Gasteiger partial charge in [-0.25, -0.2) is 9.38 Å². The molecule has 2 rings (SSSR count). The van der Waals surface area contributed by atoms with Crippen LogP contribution in [0.4, 0.5) is 4.39 Å². The molecular weight excluding hydrogens is 317 g/mol. The van der Waals surface area contributed by atoms with Crippen molar-refractivity contribution in [2.24, 2.45) is 4.99 Å². The molecule has 0 saturated carbocycles. The lowest BCUT2D eigenvalue weighted by Gasteiger charge is -2.21. The third-order valence-electron chi connectivity index (χ3n) is 4.53. The summed E-state index contributed by atoms with van der Waals surface area (Å²) in [7, 11) is 2.19. The van der Waals surface area contributed by atoms with Crippen LogP contribution in [0.2, 0.25) is 0 Å². The third-order valence-corrected chi connectivity index (χ3v) is 4.53. The first-order valence-corrected chi connectivity index (χ1v) is 9.26. The van der Waals surface area contributed by atoms with Crippen LogP contribution in [0, 0.1) is 12.7 Å². The van der Waals surface area contributed by atoms with Crippen molar-refractivity contribution >= 4 is 5.96 Å². The van der Waals surface area contributed by atoms with Gasteiger partial charge in [-0.15, -0.1) is 0 Å². The Morgan fingerprint density at radius 2 is 2.04 bits per heavy atom. The molecule has 6 heteroatoms. The first kappa shape index (κ1) is 19.7. The lowest BCUT2D eigenvalue weighted by Crippen LogP contribution is -2.42. The summed E-state index contributed by atoms with van der Waals surface area (Å²) in [5, 5.41) is 6.64. The van der Waals surface area contributed by atoms with Crippen molar-refractivity contribution in [2.45, 2.75) is 26.8 Å². The van der Waals surface area contributed by atoms with Crippen LogP contribution in [-0.4, -0.2) is 68.6 Å². The maximum atomic E-state index is 13.6. The Bertz CT molecular complexity index is 561. The molecule has 1 aliphatic rings. The average molecular weight is 349 g/mol. The van der Waals surface area contributed by atoms with Gasteiger partial charge in [-0.3, -0.25) is 0 Å². The third kappa shape index (κ3) is 7.00. The number of benzene rings is 1. The van der Waals surface area contributed by atoms with Crippen molar-refractivity contribution in [3.05, 3.63) is 35.1 Å². The van der Waals surface area contributed by atoms with E-state index in [1.54, 1.807) is 19.1 Å². The predicted molar refractivity (Wildman–Crippen MR) is 103 cm³/mol. The lowest BCUT2D eigenvalue weighted by molar-refractivity contribution is 0.280. The van der Waals surface area contributed by atoms with Crippen molar-refractivity contribution in [3.63, 3.8) is 0 Å². The molecule has 0 aliphatic carbocycles. The largest absolute Gasteiger partial charge is 0.357 e. The number of hydrogen-bond donors (Lipinski definition) is 2. The molecule has 1 heterocycles. The number of aliphatic imine (C=N–C) groups is 1. The van der Waals surface area contributed by atoms with Crippen LogP contribution in [-0.2, 0) is 6.54 Å². The fourth-order valence-electron chi connectivity index (χ4n) is 2.90. The molecule has 1 aromatic rings. The zero-order valence-corrected chi connectivity index (χ0v) is 15.8. The van der Waals surface area contributed by atoms with E-state index < -0.39 is 0 Å². The van der Waals surface area contributed by atoms with E-state index in [1.807, 2.05) is 13.0 Å². The molecule has 1 aliphatic heterocycles. The summed E-state index contributed by atoms with van der Waals surface area (Å²) in [5.74, 6) is 0.618. The van der Waals surface area contributed by atoms with Gasteiger partial charge in [-0.2, -0.15) is 0 Å². The van der Waals surface area contributed by atoms with E-state index in [0.29, 0.717) is 12.1 Å².